The van der Waals surface area contributed by atoms with E-state index in [2.05, 4.69) is 15.9 Å². The van der Waals surface area contributed by atoms with Crippen molar-refractivity contribution in [3.05, 3.63) is 28.0 Å². The summed E-state index contributed by atoms with van der Waals surface area (Å²) in [6.07, 6.45) is 0. The van der Waals surface area contributed by atoms with E-state index in [-0.39, 0.29) is 12.4 Å². The van der Waals surface area contributed by atoms with Crippen LogP contribution in [0.3, 0.4) is 0 Å². The Morgan fingerprint density at radius 2 is 2.25 bits per heavy atom. The van der Waals surface area contributed by atoms with Crippen molar-refractivity contribution in [2.45, 2.75) is 6.61 Å². The van der Waals surface area contributed by atoms with Crippen LogP contribution in [-0.2, 0) is 6.61 Å². The number of methoxy groups -OCH3 is 1. The van der Waals surface area contributed by atoms with Gasteiger partial charge in [0.25, 0.3) is 0 Å². The Morgan fingerprint density at radius 1 is 1.58 bits per heavy atom. The standard InChI is InChI=1S/C8H8BrFO2/c1-12-8-5(4-11)2-3-6(9)7(8)10/h2-3,11H,4H2,1H3. The smallest absolute Gasteiger partial charge is 0.179 e. The van der Waals surface area contributed by atoms with Crippen LogP contribution in [0.1, 0.15) is 5.56 Å². The minimum atomic E-state index is -0.482. The van der Waals surface area contributed by atoms with Gasteiger partial charge in [-0.2, -0.15) is 0 Å². The molecule has 1 aromatic rings. The average molecular weight is 235 g/mol. The largest absolute Gasteiger partial charge is 0.493 e. The van der Waals surface area contributed by atoms with E-state index in [4.69, 9.17) is 9.84 Å². The summed E-state index contributed by atoms with van der Waals surface area (Å²) >= 11 is 3.01. The molecule has 0 fully saturated rings. The third-order valence-electron chi connectivity index (χ3n) is 1.51. The predicted octanol–water partition coefficient (Wildman–Crippen LogP) is 2.09. The highest BCUT2D eigenvalue weighted by molar-refractivity contribution is 9.10. The number of halogens is 2. The molecule has 0 saturated carbocycles. The van der Waals surface area contributed by atoms with Gasteiger partial charge in [-0.15, -0.1) is 0 Å². The zero-order valence-corrected chi connectivity index (χ0v) is 8.06. The molecular formula is C8H8BrFO2. The molecule has 0 aliphatic carbocycles. The fourth-order valence-electron chi connectivity index (χ4n) is 0.917. The number of ether oxygens (including phenoxy) is 1. The number of aliphatic hydroxyl groups excluding tert-OH is 1. The summed E-state index contributed by atoms with van der Waals surface area (Å²) in [5.41, 5.74) is 0.443. The topological polar surface area (TPSA) is 29.5 Å². The van der Waals surface area contributed by atoms with Gasteiger partial charge in [0.1, 0.15) is 0 Å². The Bertz CT molecular complexity index is 289. The number of benzene rings is 1. The van der Waals surface area contributed by atoms with Gasteiger partial charge in [-0.05, 0) is 22.0 Å². The molecule has 0 radical (unpaired) electrons. The van der Waals surface area contributed by atoms with Crippen molar-refractivity contribution in [2.24, 2.45) is 0 Å². The molecule has 0 unspecified atom stereocenters. The summed E-state index contributed by atoms with van der Waals surface area (Å²) in [6.45, 7) is -0.229. The highest BCUT2D eigenvalue weighted by Gasteiger charge is 2.11. The van der Waals surface area contributed by atoms with E-state index in [1.165, 1.54) is 13.2 Å². The molecule has 0 aliphatic rings. The van der Waals surface area contributed by atoms with Gasteiger partial charge in [-0.3, -0.25) is 0 Å². The van der Waals surface area contributed by atoms with Crippen LogP contribution in [0.15, 0.2) is 16.6 Å². The third-order valence-corrected chi connectivity index (χ3v) is 2.12. The van der Waals surface area contributed by atoms with Crippen LogP contribution in [-0.4, -0.2) is 12.2 Å². The van der Waals surface area contributed by atoms with Gasteiger partial charge in [-0.1, -0.05) is 6.07 Å². The van der Waals surface area contributed by atoms with Crippen molar-refractivity contribution < 1.29 is 14.2 Å². The summed E-state index contributed by atoms with van der Waals surface area (Å²) in [5, 5.41) is 8.80. The highest BCUT2D eigenvalue weighted by atomic mass is 79.9. The molecule has 66 valence electrons. The molecule has 12 heavy (non-hydrogen) atoms. The second kappa shape index (κ2) is 3.87. The van der Waals surface area contributed by atoms with Gasteiger partial charge < -0.3 is 9.84 Å². The van der Waals surface area contributed by atoms with Gasteiger partial charge in [0.05, 0.1) is 18.2 Å². The van der Waals surface area contributed by atoms with Crippen molar-refractivity contribution in [1.82, 2.24) is 0 Å². The van der Waals surface area contributed by atoms with Crippen LogP contribution in [0.2, 0.25) is 0 Å². The molecule has 2 nitrogen and oxygen atoms in total. The van der Waals surface area contributed by atoms with Gasteiger partial charge >= 0.3 is 0 Å². The monoisotopic (exact) mass is 234 g/mol. The first-order valence-electron chi connectivity index (χ1n) is 3.32. The molecular weight excluding hydrogens is 227 g/mol. The lowest BCUT2D eigenvalue weighted by Crippen LogP contribution is -1.95. The lowest BCUT2D eigenvalue weighted by Gasteiger charge is -2.07. The fourth-order valence-corrected chi connectivity index (χ4v) is 1.23. The molecule has 1 N–H and O–H groups in total. The molecule has 0 aromatic heterocycles. The number of hydrogen-bond acceptors (Lipinski definition) is 2. The first-order valence-corrected chi connectivity index (χ1v) is 4.11. The number of hydrogen-bond donors (Lipinski definition) is 1. The summed E-state index contributed by atoms with van der Waals surface area (Å²) in [4.78, 5) is 0. The minimum absolute atomic E-state index is 0.0897. The van der Waals surface area contributed by atoms with Crippen molar-refractivity contribution in [3.63, 3.8) is 0 Å². The van der Waals surface area contributed by atoms with Crippen molar-refractivity contribution >= 4 is 15.9 Å². The molecule has 1 rings (SSSR count). The van der Waals surface area contributed by atoms with Crippen molar-refractivity contribution in [2.75, 3.05) is 7.11 Å². The second-order valence-electron chi connectivity index (χ2n) is 2.21. The molecule has 0 spiro atoms. The molecule has 0 amide bonds. The first kappa shape index (κ1) is 9.48. The third kappa shape index (κ3) is 1.59. The maximum Gasteiger partial charge on any atom is 0.179 e. The maximum absolute atomic E-state index is 13.2. The zero-order chi connectivity index (χ0) is 9.14. The maximum atomic E-state index is 13.2. The molecule has 0 saturated heterocycles. The molecule has 0 bridgehead atoms. The van der Waals surface area contributed by atoms with Crippen LogP contribution in [0.25, 0.3) is 0 Å². The van der Waals surface area contributed by atoms with E-state index in [9.17, 15) is 4.39 Å². The lowest BCUT2D eigenvalue weighted by atomic mass is 10.2. The number of aliphatic hydroxyl groups is 1. The summed E-state index contributed by atoms with van der Waals surface area (Å²) in [6, 6.07) is 3.13. The van der Waals surface area contributed by atoms with Crippen molar-refractivity contribution in [3.8, 4) is 5.75 Å². The van der Waals surface area contributed by atoms with Gasteiger partial charge in [0.2, 0.25) is 0 Å². The molecule has 0 aliphatic heterocycles. The van der Waals surface area contributed by atoms with Gasteiger partial charge in [-0.25, -0.2) is 4.39 Å². The SMILES string of the molecule is COc1c(CO)ccc(Br)c1F. The van der Waals surface area contributed by atoms with E-state index in [1.807, 2.05) is 0 Å². The van der Waals surface area contributed by atoms with Crippen LogP contribution >= 0.6 is 15.9 Å². The van der Waals surface area contributed by atoms with Gasteiger partial charge in [0.15, 0.2) is 11.6 Å². The Morgan fingerprint density at radius 3 is 2.75 bits per heavy atom. The summed E-state index contributed by atoms with van der Waals surface area (Å²) < 4.78 is 18.3. The predicted molar refractivity (Wildman–Crippen MR) is 46.6 cm³/mol. The lowest BCUT2D eigenvalue weighted by molar-refractivity contribution is 0.270. The molecule has 0 atom stereocenters. The van der Waals surface area contributed by atoms with E-state index < -0.39 is 5.82 Å². The van der Waals surface area contributed by atoms with E-state index in [0.29, 0.717) is 10.0 Å². The quantitative estimate of drug-likeness (QED) is 0.850. The fraction of sp³-hybridized carbons (Fsp3) is 0.250. The Labute approximate surface area is 78.1 Å². The van der Waals surface area contributed by atoms with Crippen LogP contribution in [0, 0.1) is 5.82 Å². The molecule has 4 heteroatoms. The summed E-state index contributed by atoms with van der Waals surface area (Å²) in [7, 11) is 1.37. The van der Waals surface area contributed by atoms with Crippen LogP contribution < -0.4 is 4.74 Å². The highest BCUT2D eigenvalue weighted by Crippen LogP contribution is 2.28. The van der Waals surface area contributed by atoms with Crippen molar-refractivity contribution in [1.29, 1.82) is 0 Å². The Balaban J connectivity index is 3.25. The second-order valence-corrected chi connectivity index (χ2v) is 3.07. The van der Waals surface area contributed by atoms with Crippen LogP contribution in [0.4, 0.5) is 4.39 Å². The minimum Gasteiger partial charge on any atom is -0.493 e. The number of rotatable bonds is 2. The van der Waals surface area contributed by atoms with E-state index in [0.717, 1.165) is 0 Å². The van der Waals surface area contributed by atoms with Gasteiger partial charge in [0, 0.05) is 5.56 Å². The Hall–Kier alpha value is -0.610. The van der Waals surface area contributed by atoms with E-state index in [1.54, 1.807) is 6.07 Å². The normalized spacial score (nSPS) is 10.0. The van der Waals surface area contributed by atoms with Crippen LogP contribution in [0.5, 0.6) is 5.75 Å². The van der Waals surface area contributed by atoms with E-state index >= 15 is 0 Å². The first-order chi connectivity index (χ1) is 5.70. The zero-order valence-electron chi connectivity index (χ0n) is 6.47. The summed E-state index contributed by atoms with van der Waals surface area (Å²) in [5.74, 6) is -0.393. The average Bonchev–Trinajstić information content (AvgIpc) is 2.09. The molecule has 1 aromatic carbocycles. The Kier molecular flexibility index (Phi) is 3.05. The molecule has 0 heterocycles.